The van der Waals surface area contributed by atoms with Crippen molar-refractivity contribution in [1.29, 1.82) is 0 Å². The number of fused-ring (bicyclic) bond motifs is 6. The van der Waals surface area contributed by atoms with Crippen molar-refractivity contribution in [2.45, 2.75) is 20.3 Å². The average Bonchev–Trinajstić information content (AvgIpc) is 3.16. The highest BCUT2D eigenvalue weighted by Gasteiger charge is 2.13. The smallest absolute Gasteiger partial charge is 0.0971 e. The molecule has 0 saturated heterocycles. The predicted octanol–water partition coefficient (Wildman–Crippen LogP) is 9.15. The van der Waals surface area contributed by atoms with E-state index in [0.717, 1.165) is 32.7 Å². The molecule has 34 heavy (non-hydrogen) atoms. The normalized spacial score (nSPS) is 13.3. The number of rotatable bonds is 2. The third-order valence-electron chi connectivity index (χ3n) is 6.05. The SMILES string of the molecule is Brc1ccccc1C1=CC(c2ccc3c(c2)c2ccccc2c2nccnc32)=CCC=C1.CC. The molecule has 1 heterocycles. The minimum atomic E-state index is 0.905. The van der Waals surface area contributed by atoms with Crippen molar-refractivity contribution in [2.24, 2.45) is 0 Å². The lowest BCUT2D eigenvalue weighted by Gasteiger charge is -2.12. The summed E-state index contributed by atoms with van der Waals surface area (Å²) in [5.41, 5.74) is 6.75. The Labute approximate surface area is 208 Å². The van der Waals surface area contributed by atoms with Crippen molar-refractivity contribution in [3.05, 3.63) is 119 Å². The van der Waals surface area contributed by atoms with Crippen LogP contribution in [0.5, 0.6) is 0 Å². The van der Waals surface area contributed by atoms with Gasteiger partial charge in [0.05, 0.1) is 11.0 Å². The number of benzene rings is 4. The van der Waals surface area contributed by atoms with Crippen LogP contribution in [0.1, 0.15) is 31.4 Å². The Morgan fingerprint density at radius 1 is 0.706 bits per heavy atom. The molecule has 1 aliphatic carbocycles. The van der Waals surface area contributed by atoms with E-state index in [4.69, 9.17) is 0 Å². The van der Waals surface area contributed by atoms with Crippen LogP contribution in [-0.4, -0.2) is 9.97 Å². The highest BCUT2D eigenvalue weighted by Crippen LogP contribution is 2.36. The van der Waals surface area contributed by atoms with E-state index in [0.29, 0.717) is 0 Å². The summed E-state index contributed by atoms with van der Waals surface area (Å²) in [6.45, 7) is 4.00. The molecule has 0 unspecified atom stereocenters. The van der Waals surface area contributed by atoms with Crippen LogP contribution in [0, 0.1) is 0 Å². The average molecular weight is 505 g/mol. The Hall–Kier alpha value is -3.56. The highest BCUT2D eigenvalue weighted by molar-refractivity contribution is 9.10. The Kier molecular flexibility index (Phi) is 6.37. The molecule has 0 radical (unpaired) electrons. The van der Waals surface area contributed by atoms with Crippen molar-refractivity contribution in [3.63, 3.8) is 0 Å². The van der Waals surface area contributed by atoms with E-state index in [1.807, 2.05) is 19.9 Å². The van der Waals surface area contributed by atoms with Gasteiger partial charge in [0.15, 0.2) is 0 Å². The minimum Gasteiger partial charge on any atom is -0.252 e. The number of aromatic nitrogens is 2. The lowest BCUT2D eigenvalue weighted by atomic mass is 9.94. The number of hydrogen-bond donors (Lipinski definition) is 0. The van der Waals surface area contributed by atoms with Gasteiger partial charge in [0.1, 0.15) is 0 Å². The van der Waals surface area contributed by atoms with Gasteiger partial charge in [-0.3, -0.25) is 9.97 Å². The summed E-state index contributed by atoms with van der Waals surface area (Å²) < 4.78 is 1.10. The maximum Gasteiger partial charge on any atom is 0.0971 e. The van der Waals surface area contributed by atoms with Gasteiger partial charge in [-0.05, 0) is 57.7 Å². The van der Waals surface area contributed by atoms with E-state index in [2.05, 4.69) is 111 Å². The molecular weight excluding hydrogens is 480 g/mol. The quantitative estimate of drug-likeness (QED) is 0.224. The zero-order valence-corrected chi connectivity index (χ0v) is 20.9. The van der Waals surface area contributed by atoms with Gasteiger partial charge in [0, 0.05) is 27.6 Å². The standard InChI is InChI=1S/C29H19BrN2.C2H6/c30-27-12-6-5-9-22(27)21-8-2-1-7-19(17-21)20-13-14-25-26(18-20)23-10-3-4-11-24(23)28-29(25)32-16-15-31-28;1-2/h2-18H,1H2;1-2H3. The fourth-order valence-electron chi connectivity index (χ4n) is 4.54. The summed E-state index contributed by atoms with van der Waals surface area (Å²) in [6, 6.07) is 23.6. The van der Waals surface area contributed by atoms with Gasteiger partial charge in [0.25, 0.3) is 0 Å². The molecule has 0 N–H and O–H groups in total. The number of hydrogen-bond acceptors (Lipinski definition) is 2. The maximum absolute atomic E-state index is 4.67. The van der Waals surface area contributed by atoms with E-state index in [-0.39, 0.29) is 0 Å². The molecule has 3 heteroatoms. The van der Waals surface area contributed by atoms with Gasteiger partial charge in [0.2, 0.25) is 0 Å². The van der Waals surface area contributed by atoms with E-state index in [1.54, 1.807) is 12.4 Å². The summed E-state index contributed by atoms with van der Waals surface area (Å²) in [5, 5.41) is 4.69. The van der Waals surface area contributed by atoms with Crippen molar-refractivity contribution >= 4 is 59.7 Å². The summed E-state index contributed by atoms with van der Waals surface area (Å²) >= 11 is 3.71. The molecule has 0 fully saturated rings. The van der Waals surface area contributed by atoms with Gasteiger partial charge in [-0.1, -0.05) is 103 Å². The molecular formula is C31H25BrN2. The first-order chi connectivity index (χ1) is 16.8. The summed E-state index contributed by atoms with van der Waals surface area (Å²) in [6.07, 6.45) is 13.5. The first-order valence-electron chi connectivity index (χ1n) is 11.7. The summed E-state index contributed by atoms with van der Waals surface area (Å²) in [5.74, 6) is 0. The Balaban J connectivity index is 0.00000117. The molecule has 0 atom stereocenters. The fourth-order valence-corrected chi connectivity index (χ4v) is 5.05. The second-order valence-electron chi connectivity index (χ2n) is 7.94. The van der Waals surface area contributed by atoms with Crippen LogP contribution >= 0.6 is 15.9 Å². The molecule has 0 bridgehead atoms. The molecule has 0 amide bonds. The minimum absolute atomic E-state index is 0.905. The molecule has 5 aromatic rings. The van der Waals surface area contributed by atoms with E-state index in [1.165, 1.54) is 33.0 Å². The largest absolute Gasteiger partial charge is 0.252 e. The molecule has 1 aliphatic rings. The second kappa shape index (κ2) is 9.74. The van der Waals surface area contributed by atoms with E-state index >= 15 is 0 Å². The van der Waals surface area contributed by atoms with Crippen LogP contribution in [0.3, 0.4) is 0 Å². The first kappa shape index (κ1) is 22.2. The Morgan fingerprint density at radius 2 is 1.38 bits per heavy atom. The van der Waals surface area contributed by atoms with Crippen LogP contribution in [0.4, 0.5) is 0 Å². The topological polar surface area (TPSA) is 25.8 Å². The second-order valence-corrected chi connectivity index (χ2v) is 8.79. The van der Waals surface area contributed by atoms with Crippen LogP contribution < -0.4 is 0 Å². The molecule has 0 saturated carbocycles. The number of halogens is 1. The van der Waals surface area contributed by atoms with Gasteiger partial charge < -0.3 is 0 Å². The third-order valence-corrected chi connectivity index (χ3v) is 6.74. The predicted molar refractivity (Wildman–Crippen MR) is 150 cm³/mol. The maximum atomic E-state index is 4.67. The first-order valence-corrected chi connectivity index (χ1v) is 12.5. The lowest BCUT2D eigenvalue weighted by Crippen LogP contribution is -1.90. The van der Waals surface area contributed by atoms with Crippen LogP contribution in [-0.2, 0) is 0 Å². The van der Waals surface area contributed by atoms with E-state index < -0.39 is 0 Å². The summed E-state index contributed by atoms with van der Waals surface area (Å²) in [4.78, 5) is 9.31. The van der Waals surface area contributed by atoms with Crippen LogP contribution in [0.25, 0.3) is 43.7 Å². The third kappa shape index (κ3) is 3.97. The highest BCUT2D eigenvalue weighted by atomic mass is 79.9. The molecule has 166 valence electrons. The molecule has 4 aromatic carbocycles. The van der Waals surface area contributed by atoms with Crippen molar-refractivity contribution < 1.29 is 0 Å². The molecule has 1 aromatic heterocycles. The molecule has 2 nitrogen and oxygen atoms in total. The van der Waals surface area contributed by atoms with E-state index in [9.17, 15) is 0 Å². The molecule has 0 aliphatic heterocycles. The van der Waals surface area contributed by atoms with Crippen molar-refractivity contribution in [1.82, 2.24) is 9.97 Å². The lowest BCUT2D eigenvalue weighted by molar-refractivity contribution is 1.31. The van der Waals surface area contributed by atoms with Gasteiger partial charge >= 0.3 is 0 Å². The monoisotopic (exact) mass is 504 g/mol. The van der Waals surface area contributed by atoms with Crippen molar-refractivity contribution in [2.75, 3.05) is 0 Å². The summed E-state index contributed by atoms with van der Waals surface area (Å²) in [7, 11) is 0. The van der Waals surface area contributed by atoms with Crippen LogP contribution in [0.15, 0.2) is 108 Å². The molecule has 0 spiro atoms. The van der Waals surface area contributed by atoms with Crippen LogP contribution in [0.2, 0.25) is 0 Å². The Morgan fingerprint density at radius 3 is 2.15 bits per heavy atom. The van der Waals surface area contributed by atoms with Gasteiger partial charge in [-0.15, -0.1) is 0 Å². The molecule has 6 rings (SSSR count). The zero-order chi connectivity index (χ0) is 23.5. The fraction of sp³-hybridized carbons (Fsp3) is 0.0968. The zero-order valence-electron chi connectivity index (χ0n) is 19.3. The number of allylic oxidation sites excluding steroid dienone is 6. The number of nitrogens with zero attached hydrogens (tertiary/aromatic N) is 2. The Bertz CT molecular complexity index is 1570. The van der Waals surface area contributed by atoms with Crippen molar-refractivity contribution in [3.8, 4) is 0 Å². The van der Waals surface area contributed by atoms with Gasteiger partial charge in [-0.25, -0.2) is 0 Å². The van der Waals surface area contributed by atoms with Gasteiger partial charge in [-0.2, -0.15) is 0 Å².